The SMILES string of the molecule is CCc1ccc(C2=N[C@@H](CC(=O)Nc3ccc(OCCCOCCCOCC(=O)NC(C(=O)N4C[C@H](O)C[C@H]4C(=O)NCc4ccc(-c5scnc5C)cc4)C(C)(C)C)cc3)c3nnc(C)n3-c3sc(C)c(C)c32)cc1. The van der Waals surface area contributed by atoms with E-state index in [1.54, 1.807) is 22.7 Å². The number of amides is 4. The summed E-state index contributed by atoms with van der Waals surface area (Å²) in [5, 5.41) is 29.3. The summed E-state index contributed by atoms with van der Waals surface area (Å²) in [6.45, 7) is 17.3. The zero-order valence-electron chi connectivity index (χ0n) is 44.6. The van der Waals surface area contributed by atoms with Crippen molar-refractivity contribution in [3.05, 3.63) is 128 Å². The summed E-state index contributed by atoms with van der Waals surface area (Å²) < 4.78 is 19.4. The van der Waals surface area contributed by atoms with Gasteiger partial charge in [0, 0.05) is 67.4 Å². The lowest BCUT2D eigenvalue weighted by atomic mass is 9.85. The maximum absolute atomic E-state index is 14.0. The van der Waals surface area contributed by atoms with E-state index < -0.39 is 41.5 Å². The zero-order valence-corrected chi connectivity index (χ0v) is 46.2. The first-order valence-corrected chi connectivity index (χ1v) is 27.6. The molecule has 5 heterocycles. The van der Waals surface area contributed by atoms with Crippen molar-refractivity contribution >= 4 is 57.7 Å². The molecule has 4 N–H and O–H groups in total. The van der Waals surface area contributed by atoms with Crippen LogP contribution in [0.15, 0.2) is 83.3 Å². The molecule has 0 radical (unpaired) electrons. The third kappa shape index (κ3) is 13.5. The van der Waals surface area contributed by atoms with E-state index in [0.717, 1.165) is 61.3 Å². The van der Waals surface area contributed by atoms with Crippen LogP contribution in [0.2, 0.25) is 0 Å². The lowest BCUT2D eigenvalue weighted by Gasteiger charge is -2.35. The number of thiophene rings is 1. The van der Waals surface area contributed by atoms with Crippen molar-refractivity contribution in [1.29, 1.82) is 0 Å². The Bertz CT molecular complexity index is 3010. The van der Waals surface area contributed by atoms with Gasteiger partial charge in [0.15, 0.2) is 5.82 Å². The molecule has 0 aliphatic carbocycles. The minimum Gasteiger partial charge on any atom is -0.494 e. The first-order chi connectivity index (χ1) is 36.5. The molecule has 1 fully saturated rings. The minimum atomic E-state index is -0.961. The average Bonchev–Trinajstić information content (AvgIpc) is 4.19. The first-order valence-electron chi connectivity index (χ1n) is 25.9. The highest BCUT2D eigenvalue weighted by Crippen LogP contribution is 2.40. The molecule has 4 atom stereocenters. The standard InChI is InChI=1S/C57H69N9O8S2/c1-9-38-12-16-40(17-13-38)50-49-34(2)36(4)76-56(49)66-37(5)63-64-53(66)45(61-50)29-47(68)60-42-20-22-44(23-21-42)74-27-11-25-72-24-10-26-73-32-48(69)62-52(57(6,7)8)55(71)65-31-43(67)28-46(65)54(70)58-30-39-14-18-41(19-15-39)51-35(3)59-33-75-51/h12-23,33,43,45-46,52,67H,9-11,24-32H2,1-8H3,(H,58,70)(H,60,68)(H,62,69)/t43-,45+,46+,52?/m1/s1. The normalized spacial score (nSPS) is 16.6. The van der Waals surface area contributed by atoms with Gasteiger partial charge in [0.25, 0.3) is 0 Å². The number of nitrogens with one attached hydrogen (secondary N) is 3. The van der Waals surface area contributed by atoms with Crippen molar-refractivity contribution in [3.63, 3.8) is 0 Å². The second-order valence-electron chi connectivity index (χ2n) is 20.4. The predicted octanol–water partition coefficient (Wildman–Crippen LogP) is 8.17. The van der Waals surface area contributed by atoms with Crippen LogP contribution in [0.5, 0.6) is 5.75 Å². The van der Waals surface area contributed by atoms with Gasteiger partial charge in [-0.2, -0.15) is 0 Å². The number of aliphatic hydroxyl groups excluding tert-OH is 1. The quantitative estimate of drug-likeness (QED) is 0.0477. The molecular weight excluding hydrogens is 1000 g/mol. The third-order valence-corrected chi connectivity index (χ3v) is 15.8. The van der Waals surface area contributed by atoms with Gasteiger partial charge in [-0.15, -0.1) is 32.9 Å². The fraction of sp³-hybridized carbons (Fsp3) is 0.439. The van der Waals surface area contributed by atoms with Gasteiger partial charge in [0.2, 0.25) is 23.6 Å². The van der Waals surface area contributed by atoms with E-state index in [1.807, 2.05) is 88.7 Å². The molecule has 76 heavy (non-hydrogen) atoms. The number of likely N-dealkylation sites (tertiary alicyclic amines) is 1. The number of carbonyl (C=O) groups excluding carboxylic acids is 4. The second-order valence-corrected chi connectivity index (χ2v) is 22.4. The van der Waals surface area contributed by atoms with Gasteiger partial charge < -0.3 is 40.2 Å². The molecule has 8 rings (SSSR count). The number of fused-ring (bicyclic) bond motifs is 3. The smallest absolute Gasteiger partial charge is 0.246 e. The van der Waals surface area contributed by atoms with E-state index in [1.165, 1.54) is 15.3 Å². The van der Waals surface area contributed by atoms with Crippen molar-refractivity contribution in [2.45, 2.75) is 118 Å². The molecule has 3 aromatic heterocycles. The molecule has 2 aliphatic heterocycles. The number of benzene rings is 3. The number of β-amino-alcohol motifs (C(OH)–C–C–N with tert-alkyl or cyclic N) is 1. The van der Waals surface area contributed by atoms with Gasteiger partial charge in [-0.1, -0.05) is 76.2 Å². The van der Waals surface area contributed by atoms with Gasteiger partial charge in [0.05, 0.1) is 40.9 Å². The number of thiazole rings is 1. The lowest BCUT2D eigenvalue weighted by molar-refractivity contribution is -0.144. The molecule has 3 aromatic carbocycles. The van der Waals surface area contributed by atoms with E-state index in [-0.39, 0.29) is 51.0 Å². The van der Waals surface area contributed by atoms with Crippen LogP contribution in [-0.2, 0) is 41.6 Å². The summed E-state index contributed by atoms with van der Waals surface area (Å²) in [7, 11) is 0. The van der Waals surface area contributed by atoms with Crippen LogP contribution in [0.25, 0.3) is 15.4 Å². The Kier molecular flexibility index (Phi) is 18.3. The van der Waals surface area contributed by atoms with Crippen LogP contribution >= 0.6 is 22.7 Å². The summed E-state index contributed by atoms with van der Waals surface area (Å²) in [4.78, 5) is 67.4. The number of aromatic nitrogens is 4. The van der Waals surface area contributed by atoms with Crippen LogP contribution in [0.3, 0.4) is 0 Å². The number of aryl methyl sites for hydroxylation is 4. The summed E-state index contributed by atoms with van der Waals surface area (Å²) in [6.07, 6.45) is 1.43. The van der Waals surface area contributed by atoms with Gasteiger partial charge in [0.1, 0.15) is 41.3 Å². The van der Waals surface area contributed by atoms with Gasteiger partial charge in [-0.05, 0) is 92.5 Å². The van der Waals surface area contributed by atoms with E-state index in [2.05, 4.69) is 80.7 Å². The Labute approximate surface area is 452 Å². The van der Waals surface area contributed by atoms with Crippen molar-refractivity contribution in [2.75, 3.05) is 44.9 Å². The number of aliphatic imine (C=N–C) groups is 1. The van der Waals surface area contributed by atoms with Crippen molar-refractivity contribution in [2.24, 2.45) is 10.4 Å². The number of aliphatic hydroxyl groups is 1. The molecule has 6 aromatic rings. The lowest BCUT2D eigenvalue weighted by Crippen LogP contribution is -2.58. The van der Waals surface area contributed by atoms with Crippen molar-refractivity contribution in [1.82, 2.24) is 35.3 Å². The number of anilines is 1. The summed E-state index contributed by atoms with van der Waals surface area (Å²) in [5.41, 5.74) is 9.94. The van der Waals surface area contributed by atoms with Crippen molar-refractivity contribution in [3.8, 4) is 21.2 Å². The molecule has 1 saturated heterocycles. The molecule has 0 spiro atoms. The largest absolute Gasteiger partial charge is 0.494 e. The molecule has 402 valence electrons. The van der Waals surface area contributed by atoms with Crippen LogP contribution in [0.1, 0.15) is 109 Å². The maximum atomic E-state index is 14.0. The zero-order chi connectivity index (χ0) is 54.1. The highest BCUT2D eigenvalue weighted by molar-refractivity contribution is 7.15. The topological polar surface area (TPSA) is 211 Å². The number of nitrogens with zero attached hydrogens (tertiary/aromatic N) is 6. The Morgan fingerprint density at radius 3 is 2.21 bits per heavy atom. The fourth-order valence-electron chi connectivity index (χ4n) is 9.31. The molecular formula is C57H69N9O8S2. The molecule has 0 saturated carbocycles. The molecule has 0 bridgehead atoms. The van der Waals surface area contributed by atoms with E-state index in [9.17, 15) is 24.3 Å². The third-order valence-electron chi connectivity index (χ3n) is 13.6. The molecule has 19 heteroatoms. The van der Waals surface area contributed by atoms with Gasteiger partial charge in [-0.3, -0.25) is 28.7 Å². The monoisotopic (exact) mass is 1070 g/mol. The van der Waals surface area contributed by atoms with Crippen LogP contribution in [0, 0.1) is 33.1 Å². The molecule has 1 unspecified atom stereocenters. The number of ether oxygens (including phenoxy) is 3. The fourth-order valence-corrected chi connectivity index (χ4v) is 11.3. The van der Waals surface area contributed by atoms with Gasteiger partial charge >= 0.3 is 0 Å². The Morgan fingerprint density at radius 1 is 0.842 bits per heavy atom. The average molecular weight is 1070 g/mol. The number of hydrogen-bond donors (Lipinski definition) is 4. The number of carbonyl (C=O) groups is 4. The Balaban J connectivity index is 0.726. The molecule has 2 aliphatic rings. The van der Waals surface area contributed by atoms with Crippen LogP contribution < -0.4 is 20.7 Å². The Morgan fingerprint density at radius 2 is 1.53 bits per heavy atom. The summed E-state index contributed by atoms with van der Waals surface area (Å²) in [5.74, 6) is 0.568. The minimum absolute atomic E-state index is 0.0154. The van der Waals surface area contributed by atoms with E-state index >= 15 is 0 Å². The first kappa shape index (κ1) is 55.6. The van der Waals surface area contributed by atoms with Crippen LogP contribution in [0.4, 0.5) is 5.69 Å². The Hall–Kier alpha value is -6.64. The number of hydrogen-bond acceptors (Lipinski definition) is 14. The van der Waals surface area contributed by atoms with Crippen molar-refractivity contribution < 1.29 is 38.5 Å². The summed E-state index contributed by atoms with van der Waals surface area (Å²) >= 11 is 3.26. The number of rotatable bonds is 22. The van der Waals surface area contributed by atoms with Gasteiger partial charge in [-0.25, -0.2) is 4.98 Å². The molecule has 17 nitrogen and oxygen atoms in total. The van der Waals surface area contributed by atoms with Crippen LogP contribution in [-0.4, -0.2) is 117 Å². The predicted molar refractivity (Wildman–Crippen MR) is 295 cm³/mol. The van der Waals surface area contributed by atoms with E-state index in [4.69, 9.17) is 19.2 Å². The van der Waals surface area contributed by atoms with E-state index in [0.29, 0.717) is 49.9 Å². The highest BCUT2D eigenvalue weighted by Gasteiger charge is 2.44. The highest BCUT2D eigenvalue weighted by atomic mass is 32.1. The summed E-state index contributed by atoms with van der Waals surface area (Å²) in [6, 6.07) is 21.2. The molecule has 4 amide bonds. The maximum Gasteiger partial charge on any atom is 0.246 e. The second kappa shape index (κ2) is 25.0.